The third-order valence-corrected chi connectivity index (χ3v) is 2.45. The molecule has 2 rings (SSSR count). The Morgan fingerprint density at radius 3 is 2.61 bits per heavy atom. The third kappa shape index (κ3) is 2.79. The Hall–Kier alpha value is -2.49. The van der Waals surface area contributed by atoms with Crippen LogP contribution in [0.25, 0.3) is 17.5 Å². The normalized spacial score (nSPS) is 10.7. The SMILES string of the molecule is Cc1nc(-c2ccccc2)ncc1/C=C/C(=O)O. The summed E-state index contributed by atoms with van der Waals surface area (Å²) in [4.78, 5) is 19.0. The average Bonchev–Trinajstić information content (AvgIpc) is 2.38. The van der Waals surface area contributed by atoms with Crippen LogP contribution in [-0.4, -0.2) is 21.0 Å². The van der Waals surface area contributed by atoms with Crippen molar-refractivity contribution >= 4 is 12.0 Å². The van der Waals surface area contributed by atoms with Gasteiger partial charge >= 0.3 is 5.97 Å². The molecule has 0 spiro atoms. The summed E-state index contributed by atoms with van der Waals surface area (Å²) in [5, 5.41) is 8.57. The van der Waals surface area contributed by atoms with Crippen LogP contribution < -0.4 is 0 Å². The second kappa shape index (κ2) is 5.23. The van der Waals surface area contributed by atoms with Crippen LogP contribution >= 0.6 is 0 Å². The largest absolute Gasteiger partial charge is 0.478 e. The molecule has 4 heteroatoms. The van der Waals surface area contributed by atoms with Gasteiger partial charge in [-0.05, 0) is 13.0 Å². The fraction of sp³-hybridized carbons (Fsp3) is 0.0714. The number of aromatic nitrogens is 2. The lowest BCUT2D eigenvalue weighted by molar-refractivity contribution is -0.131. The van der Waals surface area contributed by atoms with E-state index in [1.807, 2.05) is 37.3 Å². The predicted octanol–water partition coefficient (Wildman–Crippen LogP) is 2.55. The number of nitrogens with zero attached hydrogens (tertiary/aromatic N) is 2. The Labute approximate surface area is 105 Å². The van der Waals surface area contributed by atoms with Gasteiger partial charge in [0.15, 0.2) is 5.82 Å². The molecule has 0 unspecified atom stereocenters. The molecule has 0 fully saturated rings. The molecule has 2 aromatic rings. The molecule has 0 bridgehead atoms. The Morgan fingerprint density at radius 2 is 2.00 bits per heavy atom. The first-order valence-electron chi connectivity index (χ1n) is 5.47. The van der Waals surface area contributed by atoms with Gasteiger partial charge in [-0.15, -0.1) is 0 Å². The van der Waals surface area contributed by atoms with Gasteiger partial charge in [0, 0.05) is 29.1 Å². The van der Waals surface area contributed by atoms with Gasteiger partial charge in [0.1, 0.15) is 0 Å². The van der Waals surface area contributed by atoms with Crippen molar-refractivity contribution in [2.45, 2.75) is 6.92 Å². The second-order valence-corrected chi connectivity index (χ2v) is 3.77. The van der Waals surface area contributed by atoms with Crippen LogP contribution in [0.4, 0.5) is 0 Å². The molecule has 1 aromatic carbocycles. The fourth-order valence-corrected chi connectivity index (χ4v) is 1.53. The van der Waals surface area contributed by atoms with Crippen molar-refractivity contribution in [2.24, 2.45) is 0 Å². The topological polar surface area (TPSA) is 63.1 Å². The Balaban J connectivity index is 2.34. The number of hydrogen-bond donors (Lipinski definition) is 1. The number of aryl methyl sites for hydroxylation is 1. The second-order valence-electron chi connectivity index (χ2n) is 3.77. The van der Waals surface area contributed by atoms with Gasteiger partial charge in [0.05, 0.1) is 0 Å². The van der Waals surface area contributed by atoms with Gasteiger partial charge in [0.2, 0.25) is 0 Å². The van der Waals surface area contributed by atoms with E-state index in [2.05, 4.69) is 9.97 Å². The van der Waals surface area contributed by atoms with Crippen molar-refractivity contribution in [3.8, 4) is 11.4 Å². The summed E-state index contributed by atoms with van der Waals surface area (Å²) in [6, 6.07) is 9.64. The van der Waals surface area contributed by atoms with Crippen molar-refractivity contribution in [3.63, 3.8) is 0 Å². The zero-order chi connectivity index (χ0) is 13.0. The summed E-state index contributed by atoms with van der Waals surface area (Å²) in [6.45, 7) is 1.83. The lowest BCUT2D eigenvalue weighted by Crippen LogP contribution is -1.95. The standard InChI is InChI=1S/C14H12N2O2/c1-10-12(7-8-13(17)18)9-15-14(16-10)11-5-3-2-4-6-11/h2-9H,1H3,(H,17,18)/b8-7+. The number of hydrogen-bond acceptors (Lipinski definition) is 3. The number of carboxylic acids is 1. The predicted molar refractivity (Wildman–Crippen MR) is 68.9 cm³/mol. The highest BCUT2D eigenvalue weighted by Gasteiger charge is 2.03. The summed E-state index contributed by atoms with van der Waals surface area (Å²) < 4.78 is 0. The molecule has 1 aromatic heterocycles. The summed E-state index contributed by atoms with van der Waals surface area (Å²) in [5.41, 5.74) is 2.40. The van der Waals surface area contributed by atoms with Crippen LogP contribution in [0.1, 0.15) is 11.3 Å². The maximum Gasteiger partial charge on any atom is 0.328 e. The highest BCUT2D eigenvalue weighted by atomic mass is 16.4. The molecule has 0 aliphatic rings. The van der Waals surface area contributed by atoms with Gasteiger partial charge in [-0.3, -0.25) is 0 Å². The molecule has 0 atom stereocenters. The van der Waals surface area contributed by atoms with E-state index in [0.29, 0.717) is 11.4 Å². The molecule has 4 nitrogen and oxygen atoms in total. The van der Waals surface area contributed by atoms with Crippen molar-refractivity contribution < 1.29 is 9.90 Å². The van der Waals surface area contributed by atoms with E-state index >= 15 is 0 Å². The molecule has 0 saturated heterocycles. The fourth-order valence-electron chi connectivity index (χ4n) is 1.53. The minimum atomic E-state index is -0.985. The smallest absolute Gasteiger partial charge is 0.328 e. The monoisotopic (exact) mass is 240 g/mol. The van der Waals surface area contributed by atoms with Crippen molar-refractivity contribution in [1.82, 2.24) is 9.97 Å². The number of aliphatic carboxylic acids is 1. The maximum atomic E-state index is 10.4. The summed E-state index contributed by atoms with van der Waals surface area (Å²) in [7, 11) is 0. The molecular weight excluding hydrogens is 228 g/mol. The van der Waals surface area contributed by atoms with E-state index in [9.17, 15) is 4.79 Å². The van der Waals surface area contributed by atoms with Crippen LogP contribution in [0, 0.1) is 6.92 Å². The van der Waals surface area contributed by atoms with E-state index in [1.165, 1.54) is 6.08 Å². The van der Waals surface area contributed by atoms with Crippen LogP contribution in [0.2, 0.25) is 0 Å². The van der Waals surface area contributed by atoms with Crippen LogP contribution in [-0.2, 0) is 4.79 Å². The molecule has 0 aliphatic heterocycles. The molecule has 1 N–H and O–H groups in total. The van der Waals surface area contributed by atoms with E-state index in [-0.39, 0.29) is 0 Å². The zero-order valence-electron chi connectivity index (χ0n) is 9.87. The molecule has 90 valence electrons. The van der Waals surface area contributed by atoms with E-state index in [1.54, 1.807) is 6.20 Å². The van der Waals surface area contributed by atoms with Crippen molar-refractivity contribution in [3.05, 3.63) is 53.9 Å². The first-order valence-corrected chi connectivity index (χ1v) is 5.47. The molecular formula is C14H12N2O2. The first kappa shape index (κ1) is 12.0. The highest BCUT2D eigenvalue weighted by molar-refractivity contribution is 5.85. The van der Waals surface area contributed by atoms with Gasteiger partial charge in [-0.2, -0.15) is 0 Å². The summed E-state index contributed by atoms with van der Waals surface area (Å²) in [5.74, 6) is -0.345. The summed E-state index contributed by atoms with van der Waals surface area (Å²) >= 11 is 0. The van der Waals surface area contributed by atoms with Gasteiger partial charge in [-0.1, -0.05) is 30.3 Å². The lowest BCUT2D eigenvalue weighted by Gasteiger charge is -2.03. The number of carbonyl (C=O) groups is 1. The van der Waals surface area contributed by atoms with E-state index in [0.717, 1.165) is 17.3 Å². The van der Waals surface area contributed by atoms with Crippen LogP contribution in [0.3, 0.4) is 0 Å². The Kier molecular flexibility index (Phi) is 3.48. The van der Waals surface area contributed by atoms with E-state index < -0.39 is 5.97 Å². The van der Waals surface area contributed by atoms with Crippen LogP contribution in [0.15, 0.2) is 42.6 Å². The molecule has 0 aliphatic carbocycles. The summed E-state index contributed by atoms with van der Waals surface area (Å²) in [6.07, 6.45) is 4.20. The number of benzene rings is 1. The Bertz CT molecular complexity index is 592. The van der Waals surface area contributed by atoms with Crippen molar-refractivity contribution in [1.29, 1.82) is 0 Å². The lowest BCUT2D eigenvalue weighted by atomic mass is 10.2. The van der Waals surface area contributed by atoms with E-state index in [4.69, 9.17) is 5.11 Å². The van der Waals surface area contributed by atoms with Gasteiger partial charge in [-0.25, -0.2) is 14.8 Å². The highest BCUT2D eigenvalue weighted by Crippen LogP contribution is 2.16. The Morgan fingerprint density at radius 1 is 1.28 bits per heavy atom. The van der Waals surface area contributed by atoms with Crippen molar-refractivity contribution in [2.75, 3.05) is 0 Å². The molecule has 0 radical (unpaired) electrons. The number of carboxylic acid groups (broad SMARTS) is 1. The molecule has 1 heterocycles. The molecule has 0 amide bonds. The minimum absolute atomic E-state index is 0.639. The minimum Gasteiger partial charge on any atom is -0.478 e. The molecule has 0 saturated carbocycles. The first-order chi connectivity index (χ1) is 8.66. The van der Waals surface area contributed by atoms with Gasteiger partial charge < -0.3 is 5.11 Å². The van der Waals surface area contributed by atoms with Gasteiger partial charge in [0.25, 0.3) is 0 Å². The average molecular weight is 240 g/mol. The quantitative estimate of drug-likeness (QED) is 0.837. The molecule has 18 heavy (non-hydrogen) atoms. The zero-order valence-corrected chi connectivity index (χ0v) is 9.87. The van der Waals surface area contributed by atoms with Crippen LogP contribution in [0.5, 0.6) is 0 Å². The number of rotatable bonds is 3. The third-order valence-electron chi connectivity index (χ3n) is 2.45. The maximum absolute atomic E-state index is 10.4.